The van der Waals surface area contributed by atoms with Gasteiger partial charge in [-0.25, -0.2) is 4.79 Å². The Morgan fingerprint density at radius 1 is 0.882 bits per heavy atom. The van der Waals surface area contributed by atoms with Crippen LogP contribution in [-0.4, -0.2) is 33.3 Å². The normalized spacial score (nSPS) is 27.3. The van der Waals surface area contributed by atoms with Crippen molar-refractivity contribution in [1.29, 1.82) is 0 Å². The first-order valence-electron chi connectivity index (χ1n) is 13.5. The zero-order chi connectivity index (χ0) is 25.0. The zero-order valence-corrected chi connectivity index (χ0v) is 22.4. The van der Waals surface area contributed by atoms with Gasteiger partial charge in [0.25, 0.3) is 0 Å². The summed E-state index contributed by atoms with van der Waals surface area (Å²) in [6.45, 7) is 13.0. The minimum Gasteiger partial charge on any atom is -0.625 e. The van der Waals surface area contributed by atoms with E-state index in [0.717, 1.165) is 74.5 Å². The third kappa shape index (κ3) is 4.68. The molecule has 34 heavy (non-hydrogen) atoms. The molecule has 1 heterocycles. The van der Waals surface area contributed by atoms with Crippen LogP contribution in [0.1, 0.15) is 122 Å². The Hall–Kier alpha value is -1.43. The van der Waals surface area contributed by atoms with Crippen molar-refractivity contribution < 1.29 is 14.5 Å². The Morgan fingerprint density at radius 2 is 1.35 bits per heavy atom. The number of rotatable bonds is 2. The van der Waals surface area contributed by atoms with Crippen molar-refractivity contribution in [1.82, 2.24) is 5.32 Å². The van der Waals surface area contributed by atoms with Gasteiger partial charge in [0, 0.05) is 16.7 Å². The molecule has 2 N–H and O–H groups in total. The lowest BCUT2D eigenvalue weighted by molar-refractivity contribution is -0.830. The van der Waals surface area contributed by atoms with E-state index >= 15 is 0 Å². The number of phenols is 1. The average molecular weight is 471 g/mol. The lowest BCUT2D eigenvalue weighted by Gasteiger charge is -2.59. The molecule has 1 saturated heterocycles. The third-order valence-electron chi connectivity index (χ3n) is 8.58. The maximum absolute atomic E-state index is 14.7. The van der Waals surface area contributed by atoms with E-state index in [4.69, 9.17) is 0 Å². The number of hydrogen-bond donors (Lipinski definition) is 2. The summed E-state index contributed by atoms with van der Waals surface area (Å²) < 4.78 is -0.773. The Balaban J connectivity index is 1.79. The van der Waals surface area contributed by atoms with Crippen LogP contribution in [0.4, 0.5) is 0 Å². The smallest absolute Gasteiger partial charge is 0.334 e. The predicted octanol–water partition coefficient (Wildman–Crippen LogP) is 6.34. The first-order chi connectivity index (χ1) is 15.7. The van der Waals surface area contributed by atoms with Crippen molar-refractivity contribution >= 4 is 5.91 Å². The second-order valence-corrected chi connectivity index (χ2v) is 13.7. The fraction of sp³-hybridized carbons (Fsp3) is 0.759. The highest BCUT2D eigenvalue weighted by Crippen LogP contribution is 2.45. The number of piperazine rings is 1. The van der Waals surface area contributed by atoms with Gasteiger partial charge < -0.3 is 10.3 Å². The van der Waals surface area contributed by atoms with Crippen molar-refractivity contribution in [2.24, 2.45) is 0 Å². The molecule has 1 unspecified atom stereocenters. The molecule has 0 bridgehead atoms. The molecule has 3 aliphatic rings. The number of phenolic OH excluding ortho intramolecular Hbond substituents is 1. The molecule has 190 valence electrons. The van der Waals surface area contributed by atoms with Crippen LogP contribution in [0.3, 0.4) is 0 Å². The highest BCUT2D eigenvalue weighted by molar-refractivity contribution is 5.82. The number of aromatic hydroxyl groups is 1. The molecule has 3 fully saturated rings. The molecule has 2 saturated carbocycles. The summed E-state index contributed by atoms with van der Waals surface area (Å²) in [4.78, 5) is 14.0. The van der Waals surface area contributed by atoms with Gasteiger partial charge in [0.15, 0.2) is 0 Å². The van der Waals surface area contributed by atoms with Crippen LogP contribution < -0.4 is 5.32 Å². The standard InChI is InChI=1S/C29H46N2O3/c1-26(2,3)22-17-21(18-23(24(22)32)27(4,5)6)19-31(34)20-28(13-9-7-10-14-28)30-29(25(31)33)15-11-8-12-16-29/h17-18,30,32H,7-16,19-20H2,1-6H3. The lowest BCUT2D eigenvalue weighted by atomic mass is 9.71. The second kappa shape index (κ2) is 8.60. The van der Waals surface area contributed by atoms with Gasteiger partial charge in [-0.05, 0) is 48.6 Å². The van der Waals surface area contributed by atoms with Crippen LogP contribution in [0.5, 0.6) is 5.75 Å². The summed E-state index contributed by atoms with van der Waals surface area (Å²) in [5.41, 5.74) is 1.13. The summed E-state index contributed by atoms with van der Waals surface area (Å²) in [5, 5.41) is 29.7. The number of nitrogens with one attached hydrogen (secondary N) is 1. The van der Waals surface area contributed by atoms with E-state index in [1.54, 1.807) is 0 Å². The molecule has 1 aliphatic heterocycles. The van der Waals surface area contributed by atoms with Crippen molar-refractivity contribution in [2.75, 3.05) is 6.54 Å². The predicted molar refractivity (Wildman–Crippen MR) is 137 cm³/mol. The zero-order valence-electron chi connectivity index (χ0n) is 22.4. The van der Waals surface area contributed by atoms with E-state index < -0.39 is 10.2 Å². The van der Waals surface area contributed by atoms with Gasteiger partial charge >= 0.3 is 5.91 Å². The second-order valence-electron chi connectivity index (χ2n) is 13.7. The van der Waals surface area contributed by atoms with Gasteiger partial charge in [0.1, 0.15) is 24.4 Å². The van der Waals surface area contributed by atoms with E-state index in [-0.39, 0.29) is 28.8 Å². The monoisotopic (exact) mass is 470 g/mol. The molecule has 1 amide bonds. The molecular weight excluding hydrogens is 424 g/mol. The van der Waals surface area contributed by atoms with Crippen LogP contribution >= 0.6 is 0 Å². The molecule has 0 radical (unpaired) electrons. The van der Waals surface area contributed by atoms with Gasteiger partial charge in [0.2, 0.25) is 0 Å². The molecule has 1 atom stereocenters. The molecular formula is C29H46N2O3. The van der Waals surface area contributed by atoms with Gasteiger partial charge in [-0.1, -0.05) is 80.1 Å². The SMILES string of the molecule is CC(C)(C)c1cc(C[N+]2([O-])CC3(CCCCC3)NC3(CCCCC3)C2=O)cc(C(C)(C)C)c1O. The summed E-state index contributed by atoms with van der Waals surface area (Å²) in [6, 6.07) is 3.97. The van der Waals surface area contributed by atoms with Crippen molar-refractivity contribution in [2.45, 2.75) is 134 Å². The Labute approximate surface area is 206 Å². The van der Waals surface area contributed by atoms with Crippen LogP contribution in [0.25, 0.3) is 0 Å². The van der Waals surface area contributed by atoms with E-state index in [9.17, 15) is 15.1 Å². The largest absolute Gasteiger partial charge is 0.625 e. The van der Waals surface area contributed by atoms with E-state index in [2.05, 4.69) is 46.9 Å². The Bertz CT molecular complexity index is 893. The minimum atomic E-state index is -0.773. The highest BCUT2D eigenvalue weighted by atomic mass is 16.6. The van der Waals surface area contributed by atoms with Crippen LogP contribution in [0.15, 0.2) is 12.1 Å². The number of benzene rings is 1. The molecule has 2 aliphatic carbocycles. The number of carbonyl (C=O) groups excluding carboxylic acids is 1. The van der Waals surface area contributed by atoms with E-state index in [1.807, 2.05) is 12.1 Å². The Morgan fingerprint density at radius 3 is 1.82 bits per heavy atom. The summed E-state index contributed by atoms with van der Waals surface area (Å²) >= 11 is 0. The van der Waals surface area contributed by atoms with Gasteiger partial charge in [0.05, 0.1) is 5.54 Å². The van der Waals surface area contributed by atoms with Crippen LogP contribution in [0, 0.1) is 5.21 Å². The average Bonchev–Trinajstić information content (AvgIpc) is 2.73. The molecule has 5 heteroatoms. The molecule has 5 nitrogen and oxygen atoms in total. The number of hydroxylamine groups is 3. The van der Waals surface area contributed by atoms with Crippen molar-refractivity contribution in [3.63, 3.8) is 0 Å². The highest BCUT2D eigenvalue weighted by Gasteiger charge is 2.59. The summed E-state index contributed by atoms with van der Waals surface area (Å²) in [7, 11) is 0. The lowest BCUT2D eigenvalue weighted by Crippen LogP contribution is -2.78. The number of carbonyl (C=O) groups is 1. The Kier molecular flexibility index (Phi) is 6.49. The topological polar surface area (TPSA) is 72.4 Å². The van der Waals surface area contributed by atoms with E-state index in [1.165, 1.54) is 6.42 Å². The fourth-order valence-electron chi connectivity index (χ4n) is 6.91. The van der Waals surface area contributed by atoms with Crippen LogP contribution in [0.2, 0.25) is 0 Å². The number of hydrogen-bond acceptors (Lipinski definition) is 4. The van der Waals surface area contributed by atoms with Gasteiger partial charge in [-0.15, -0.1) is 0 Å². The molecule has 0 aromatic heterocycles. The first-order valence-corrected chi connectivity index (χ1v) is 13.5. The number of nitrogens with zero attached hydrogens (tertiary/aromatic N) is 1. The molecule has 2 spiro atoms. The summed E-state index contributed by atoms with van der Waals surface area (Å²) in [6.07, 6.45) is 10.2. The van der Waals surface area contributed by atoms with Crippen molar-refractivity contribution in [3.05, 3.63) is 34.0 Å². The maximum atomic E-state index is 14.7. The van der Waals surface area contributed by atoms with Crippen molar-refractivity contribution in [3.8, 4) is 5.75 Å². The molecule has 1 aromatic carbocycles. The first kappa shape index (κ1) is 25.7. The maximum Gasteiger partial charge on any atom is 0.334 e. The minimum absolute atomic E-state index is 0.149. The third-order valence-corrected chi connectivity index (χ3v) is 8.58. The number of amides is 1. The fourth-order valence-corrected chi connectivity index (χ4v) is 6.91. The van der Waals surface area contributed by atoms with Gasteiger partial charge in [-0.3, -0.25) is 9.96 Å². The summed E-state index contributed by atoms with van der Waals surface area (Å²) in [5.74, 6) is 0.159. The van der Waals surface area contributed by atoms with Gasteiger partial charge in [-0.2, -0.15) is 0 Å². The van der Waals surface area contributed by atoms with Crippen LogP contribution in [-0.2, 0) is 22.2 Å². The quantitative estimate of drug-likeness (QED) is 0.391. The molecule has 4 rings (SSSR count). The molecule has 1 aromatic rings. The van der Waals surface area contributed by atoms with E-state index in [0.29, 0.717) is 12.3 Å². The number of quaternary nitrogens is 1.